The minimum atomic E-state index is -0.859. The maximum absolute atomic E-state index is 12.8. The van der Waals surface area contributed by atoms with Crippen LogP contribution in [0.5, 0.6) is 0 Å². The van der Waals surface area contributed by atoms with Gasteiger partial charge in [0.25, 0.3) is 0 Å². The second-order valence-corrected chi connectivity index (χ2v) is 2.78. The first-order valence-electron chi connectivity index (χ1n) is 2.72. The molecule has 4 N–H and O–H groups in total. The highest BCUT2D eigenvalue weighted by molar-refractivity contribution is 9.10. The van der Waals surface area contributed by atoms with Gasteiger partial charge in [0.15, 0.2) is 5.82 Å². The third kappa shape index (κ3) is 1.28. The Labute approximate surface area is 70.3 Å². The van der Waals surface area contributed by atoms with Gasteiger partial charge < -0.3 is 11.5 Å². The standard InChI is InChI=1S/C6H5BrF2N2/c7-4-2(8)1-3(10)6(11)5(4)9/h1H,10-11H2. The van der Waals surface area contributed by atoms with Crippen molar-refractivity contribution in [2.75, 3.05) is 11.5 Å². The SMILES string of the molecule is Nc1cc(F)c(Br)c(F)c1N. The molecule has 5 heteroatoms. The van der Waals surface area contributed by atoms with Crippen LogP contribution in [0.1, 0.15) is 0 Å². The predicted molar refractivity (Wildman–Crippen MR) is 42.9 cm³/mol. The quantitative estimate of drug-likeness (QED) is 0.521. The number of rotatable bonds is 0. The maximum Gasteiger partial charge on any atom is 0.165 e. The molecule has 0 aliphatic carbocycles. The van der Waals surface area contributed by atoms with E-state index < -0.39 is 11.6 Å². The van der Waals surface area contributed by atoms with Gasteiger partial charge in [-0.2, -0.15) is 0 Å². The van der Waals surface area contributed by atoms with E-state index in [9.17, 15) is 8.78 Å². The van der Waals surface area contributed by atoms with Crippen LogP contribution >= 0.6 is 15.9 Å². The molecule has 0 radical (unpaired) electrons. The molecule has 1 aromatic rings. The van der Waals surface area contributed by atoms with Crippen molar-refractivity contribution in [3.05, 3.63) is 22.2 Å². The summed E-state index contributed by atoms with van der Waals surface area (Å²) in [5.74, 6) is -1.61. The summed E-state index contributed by atoms with van der Waals surface area (Å²) in [7, 11) is 0. The lowest BCUT2D eigenvalue weighted by atomic mass is 10.2. The average molecular weight is 223 g/mol. The molecule has 0 aliphatic rings. The van der Waals surface area contributed by atoms with Crippen molar-refractivity contribution in [1.29, 1.82) is 0 Å². The highest BCUT2D eigenvalue weighted by atomic mass is 79.9. The Kier molecular flexibility index (Phi) is 1.99. The third-order valence-corrected chi connectivity index (χ3v) is 1.96. The number of benzene rings is 1. The van der Waals surface area contributed by atoms with Crippen molar-refractivity contribution in [2.24, 2.45) is 0 Å². The summed E-state index contributed by atoms with van der Waals surface area (Å²) >= 11 is 2.68. The van der Waals surface area contributed by atoms with Crippen LogP contribution in [-0.4, -0.2) is 0 Å². The first-order chi connectivity index (χ1) is 5.04. The second-order valence-electron chi connectivity index (χ2n) is 1.99. The number of halogens is 3. The molecule has 1 aromatic carbocycles. The van der Waals surface area contributed by atoms with Gasteiger partial charge in [0, 0.05) is 6.07 Å². The summed E-state index contributed by atoms with van der Waals surface area (Å²) in [6, 6.07) is 0.961. The van der Waals surface area contributed by atoms with Crippen molar-refractivity contribution in [2.45, 2.75) is 0 Å². The number of nitrogens with two attached hydrogens (primary N) is 2. The van der Waals surface area contributed by atoms with E-state index in [0.717, 1.165) is 6.07 Å². The molecule has 0 spiro atoms. The Hall–Kier alpha value is -0.840. The fourth-order valence-corrected chi connectivity index (χ4v) is 0.955. The molecular formula is C6H5BrF2N2. The summed E-state index contributed by atoms with van der Waals surface area (Å²) in [6.45, 7) is 0. The molecule has 0 saturated carbocycles. The lowest BCUT2D eigenvalue weighted by Gasteiger charge is -2.03. The van der Waals surface area contributed by atoms with Crippen LogP contribution in [-0.2, 0) is 0 Å². The molecule has 0 atom stereocenters. The van der Waals surface area contributed by atoms with Crippen LogP contribution in [0, 0.1) is 11.6 Å². The molecule has 0 saturated heterocycles. The Morgan fingerprint density at radius 3 is 2.36 bits per heavy atom. The van der Waals surface area contributed by atoms with Crippen LogP contribution in [0.15, 0.2) is 10.5 Å². The molecule has 11 heavy (non-hydrogen) atoms. The van der Waals surface area contributed by atoms with Crippen LogP contribution in [0.2, 0.25) is 0 Å². The molecule has 60 valence electrons. The van der Waals surface area contributed by atoms with Gasteiger partial charge in [-0.1, -0.05) is 0 Å². The van der Waals surface area contributed by atoms with Gasteiger partial charge in [-0.05, 0) is 15.9 Å². The molecule has 0 fully saturated rings. The van der Waals surface area contributed by atoms with E-state index in [1.165, 1.54) is 0 Å². The number of nitrogen functional groups attached to an aromatic ring is 2. The van der Waals surface area contributed by atoms with E-state index in [0.29, 0.717) is 0 Å². The van der Waals surface area contributed by atoms with Gasteiger partial charge in [0.2, 0.25) is 0 Å². The summed E-state index contributed by atoms with van der Waals surface area (Å²) < 4.78 is 25.1. The monoisotopic (exact) mass is 222 g/mol. The summed E-state index contributed by atoms with van der Waals surface area (Å²) in [6.07, 6.45) is 0. The third-order valence-electron chi connectivity index (χ3n) is 1.23. The zero-order valence-corrected chi connectivity index (χ0v) is 6.95. The molecule has 0 aromatic heterocycles. The lowest BCUT2D eigenvalue weighted by molar-refractivity contribution is 0.576. The van der Waals surface area contributed by atoms with Crippen molar-refractivity contribution in [3.63, 3.8) is 0 Å². The Morgan fingerprint density at radius 2 is 1.82 bits per heavy atom. The summed E-state index contributed by atoms with van der Waals surface area (Å²) in [5.41, 5.74) is 9.99. The predicted octanol–water partition coefficient (Wildman–Crippen LogP) is 1.89. The highest BCUT2D eigenvalue weighted by Gasteiger charge is 2.11. The van der Waals surface area contributed by atoms with E-state index in [4.69, 9.17) is 11.5 Å². The molecule has 2 nitrogen and oxygen atoms in total. The Morgan fingerprint density at radius 1 is 1.27 bits per heavy atom. The first kappa shape index (κ1) is 8.26. The Balaban J connectivity index is 3.46. The van der Waals surface area contributed by atoms with Gasteiger partial charge >= 0.3 is 0 Å². The zero-order valence-electron chi connectivity index (χ0n) is 5.37. The van der Waals surface area contributed by atoms with Crippen LogP contribution in [0.25, 0.3) is 0 Å². The van der Waals surface area contributed by atoms with E-state index in [1.807, 2.05) is 0 Å². The van der Waals surface area contributed by atoms with Crippen LogP contribution in [0.4, 0.5) is 20.2 Å². The molecule has 0 heterocycles. The minimum absolute atomic E-state index is 0.0943. The van der Waals surface area contributed by atoms with Gasteiger partial charge in [-0.3, -0.25) is 0 Å². The van der Waals surface area contributed by atoms with E-state index >= 15 is 0 Å². The van der Waals surface area contributed by atoms with Crippen LogP contribution in [0.3, 0.4) is 0 Å². The maximum atomic E-state index is 12.8. The molecule has 1 rings (SSSR count). The fraction of sp³-hybridized carbons (Fsp3) is 0. The molecule has 0 aliphatic heterocycles. The normalized spacial score (nSPS) is 10.1. The highest BCUT2D eigenvalue weighted by Crippen LogP contribution is 2.28. The average Bonchev–Trinajstić information content (AvgIpc) is 1.97. The fourth-order valence-electron chi connectivity index (χ4n) is 0.627. The van der Waals surface area contributed by atoms with E-state index in [-0.39, 0.29) is 15.8 Å². The number of hydrogen-bond acceptors (Lipinski definition) is 2. The molecule has 0 amide bonds. The van der Waals surface area contributed by atoms with E-state index in [2.05, 4.69) is 15.9 Å². The zero-order chi connectivity index (χ0) is 8.59. The van der Waals surface area contributed by atoms with Gasteiger partial charge in [-0.25, -0.2) is 8.78 Å². The van der Waals surface area contributed by atoms with Gasteiger partial charge in [0.05, 0.1) is 15.8 Å². The minimum Gasteiger partial charge on any atom is -0.397 e. The van der Waals surface area contributed by atoms with Crippen molar-refractivity contribution < 1.29 is 8.78 Å². The Bertz CT molecular complexity index is 275. The van der Waals surface area contributed by atoms with Gasteiger partial charge in [0.1, 0.15) is 5.82 Å². The number of anilines is 2. The molecule has 0 unspecified atom stereocenters. The molecular weight excluding hydrogens is 218 g/mol. The van der Waals surface area contributed by atoms with Gasteiger partial charge in [-0.15, -0.1) is 0 Å². The van der Waals surface area contributed by atoms with Crippen molar-refractivity contribution in [3.8, 4) is 0 Å². The van der Waals surface area contributed by atoms with Crippen molar-refractivity contribution in [1.82, 2.24) is 0 Å². The van der Waals surface area contributed by atoms with Crippen molar-refractivity contribution >= 4 is 27.3 Å². The van der Waals surface area contributed by atoms with Crippen LogP contribution < -0.4 is 11.5 Å². The van der Waals surface area contributed by atoms with E-state index in [1.54, 1.807) is 0 Å². The topological polar surface area (TPSA) is 52.0 Å². The summed E-state index contributed by atoms with van der Waals surface area (Å²) in [5, 5.41) is 0. The number of hydrogen-bond donors (Lipinski definition) is 2. The molecule has 0 bridgehead atoms. The largest absolute Gasteiger partial charge is 0.397 e. The smallest absolute Gasteiger partial charge is 0.165 e. The second kappa shape index (κ2) is 2.65. The lowest BCUT2D eigenvalue weighted by Crippen LogP contribution is -2.00. The first-order valence-corrected chi connectivity index (χ1v) is 3.51. The summed E-state index contributed by atoms with van der Waals surface area (Å²) in [4.78, 5) is 0.